The monoisotopic (exact) mass is 347 g/mol. The lowest BCUT2D eigenvalue weighted by atomic mass is 10.2. The van der Waals surface area contributed by atoms with Crippen molar-refractivity contribution in [2.24, 2.45) is 0 Å². The third-order valence-corrected chi connectivity index (χ3v) is 4.78. The van der Waals surface area contributed by atoms with Gasteiger partial charge in [0.15, 0.2) is 0 Å². The molecule has 0 heterocycles. The van der Waals surface area contributed by atoms with Crippen LogP contribution in [0.1, 0.15) is 18.9 Å². The molecule has 1 aromatic rings. The lowest BCUT2D eigenvalue weighted by Crippen LogP contribution is -2.39. The van der Waals surface area contributed by atoms with Gasteiger partial charge in [-0.05, 0) is 24.1 Å². The fraction of sp³-hybridized carbons (Fsp3) is 0.500. The predicted molar refractivity (Wildman–Crippen MR) is 71.1 cm³/mol. The highest BCUT2D eigenvalue weighted by Crippen LogP contribution is 2.25. The molecule has 0 N–H and O–H groups in total. The fourth-order valence-electron chi connectivity index (χ4n) is 1.71. The van der Waals surface area contributed by atoms with Crippen molar-refractivity contribution in [1.29, 1.82) is 0 Å². The van der Waals surface area contributed by atoms with Gasteiger partial charge in [-0.3, -0.25) is 0 Å². The fourth-order valence-corrected chi connectivity index (χ4v) is 3.44. The first kappa shape index (κ1) is 18.2. The van der Waals surface area contributed by atoms with Crippen molar-refractivity contribution in [3.8, 4) is 0 Å². The Morgan fingerprint density at radius 1 is 1.29 bits per heavy atom. The van der Waals surface area contributed by atoms with Crippen LogP contribution in [0.4, 0.5) is 17.6 Å². The molecule has 0 aromatic heterocycles. The van der Waals surface area contributed by atoms with Crippen molar-refractivity contribution in [2.75, 3.05) is 13.1 Å². The quantitative estimate of drug-likeness (QED) is 0.583. The lowest BCUT2D eigenvalue weighted by molar-refractivity contribution is -0.136. The molecule has 0 saturated heterocycles. The first-order valence-corrected chi connectivity index (χ1v) is 8.00. The first-order chi connectivity index (χ1) is 9.61. The Morgan fingerprint density at radius 3 is 2.33 bits per heavy atom. The molecule has 0 atom stereocenters. The van der Waals surface area contributed by atoms with Gasteiger partial charge in [0.05, 0.1) is 0 Å². The molecule has 1 aromatic carbocycles. The van der Waals surface area contributed by atoms with Crippen LogP contribution in [-0.4, -0.2) is 32.0 Å². The van der Waals surface area contributed by atoms with Gasteiger partial charge in [-0.15, -0.1) is 11.6 Å². The normalized spacial score (nSPS) is 12.9. The summed E-state index contributed by atoms with van der Waals surface area (Å²) in [5.74, 6) is -1.14. The van der Waals surface area contributed by atoms with E-state index in [0.717, 1.165) is 12.1 Å². The summed E-state index contributed by atoms with van der Waals surface area (Å²) in [5, 5.41) is 0. The second-order valence-electron chi connectivity index (χ2n) is 4.35. The van der Waals surface area contributed by atoms with Crippen molar-refractivity contribution in [1.82, 2.24) is 4.31 Å². The summed E-state index contributed by atoms with van der Waals surface area (Å²) in [6, 6.07) is 3.10. The van der Waals surface area contributed by atoms with E-state index in [4.69, 9.17) is 11.6 Å². The summed E-state index contributed by atoms with van der Waals surface area (Å²) in [5.41, 5.74) is 0.339. The molecule has 0 unspecified atom stereocenters. The SMILES string of the molecule is CCCN(CC(F)(F)F)S(=O)(=O)c1ccc(CCl)cc1F. The average molecular weight is 348 g/mol. The third-order valence-electron chi connectivity index (χ3n) is 2.60. The Hall–Kier alpha value is -0.860. The van der Waals surface area contributed by atoms with Crippen LogP contribution in [0.3, 0.4) is 0 Å². The molecule has 120 valence electrons. The molecule has 0 aliphatic rings. The second kappa shape index (κ2) is 6.93. The van der Waals surface area contributed by atoms with E-state index in [1.54, 1.807) is 0 Å². The minimum Gasteiger partial charge on any atom is -0.207 e. The van der Waals surface area contributed by atoms with Crippen molar-refractivity contribution < 1.29 is 26.0 Å². The highest BCUT2D eigenvalue weighted by molar-refractivity contribution is 7.89. The Morgan fingerprint density at radius 2 is 1.90 bits per heavy atom. The van der Waals surface area contributed by atoms with Crippen molar-refractivity contribution in [3.05, 3.63) is 29.6 Å². The van der Waals surface area contributed by atoms with E-state index in [1.807, 2.05) is 0 Å². The van der Waals surface area contributed by atoms with Gasteiger partial charge in [0, 0.05) is 12.4 Å². The van der Waals surface area contributed by atoms with Gasteiger partial charge in [-0.25, -0.2) is 12.8 Å². The van der Waals surface area contributed by atoms with Crippen LogP contribution in [0.15, 0.2) is 23.1 Å². The number of sulfonamides is 1. The molecule has 3 nitrogen and oxygen atoms in total. The van der Waals surface area contributed by atoms with E-state index in [1.165, 1.54) is 13.0 Å². The van der Waals surface area contributed by atoms with Crippen molar-refractivity contribution in [2.45, 2.75) is 30.3 Å². The molecular formula is C12H14ClF4NO2S. The van der Waals surface area contributed by atoms with E-state index >= 15 is 0 Å². The van der Waals surface area contributed by atoms with Crippen LogP contribution in [0.25, 0.3) is 0 Å². The smallest absolute Gasteiger partial charge is 0.207 e. The number of alkyl halides is 4. The molecule has 0 saturated carbocycles. The van der Waals surface area contributed by atoms with Crippen LogP contribution < -0.4 is 0 Å². The summed E-state index contributed by atoms with van der Waals surface area (Å²) >= 11 is 5.49. The van der Waals surface area contributed by atoms with Crippen LogP contribution >= 0.6 is 11.6 Å². The van der Waals surface area contributed by atoms with Gasteiger partial charge in [0.25, 0.3) is 0 Å². The number of benzene rings is 1. The standard InChI is InChI=1S/C12H14ClF4NO2S/c1-2-5-18(8-12(15,16)17)21(19,20)11-4-3-9(7-13)6-10(11)14/h3-4,6H,2,5,7-8H2,1H3. The maximum Gasteiger partial charge on any atom is 0.402 e. The van der Waals surface area contributed by atoms with Gasteiger partial charge in [0.1, 0.15) is 17.3 Å². The summed E-state index contributed by atoms with van der Waals surface area (Å²) in [4.78, 5) is -0.783. The van der Waals surface area contributed by atoms with Crippen molar-refractivity contribution >= 4 is 21.6 Å². The molecule has 0 amide bonds. The molecule has 9 heteroatoms. The topological polar surface area (TPSA) is 37.4 Å². The number of hydrogen-bond acceptors (Lipinski definition) is 2. The summed E-state index contributed by atoms with van der Waals surface area (Å²) < 4.78 is 75.8. The minimum absolute atomic E-state index is 0.0293. The molecule has 0 aliphatic carbocycles. The largest absolute Gasteiger partial charge is 0.402 e. The lowest BCUT2D eigenvalue weighted by Gasteiger charge is -2.23. The first-order valence-electron chi connectivity index (χ1n) is 6.03. The molecule has 0 radical (unpaired) electrons. The number of hydrogen-bond donors (Lipinski definition) is 0. The van der Waals surface area contributed by atoms with E-state index in [0.29, 0.717) is 5.56 Å². The van der Waals surface area contributed by atoms with Crippen LogP contribution in [-0.2, 0) is 15.9 Å². The predicted octanol–water partition coefficient (Wildman–Crippen LogP) is 3.53. The molecule has 0 aliphatic heterocycles. The van der Waals surface area contributed by atoms with Crippen molar-refractivity contribution in [3.63, 3.8) is 0 Å². The molecule has 0 bridgehead atoms. The summed E-state index contributed by atoms with van der Waals surface area (Å²) in [6.45, 7) is -0.468. The van der Waals surface area contributed by atoms with Gasteiger partial charge in [0.2, 0.25) is 10.0 Å². The van der Waals surface area contributed by atoms with Gasteiger partial charge in [-0.1, -0.05) is 13.0 Å². The second-order valence-corrected chi connectivity index (χ2v) is 6.53. The Labute approximate surface area is 125 Å². The summed E-state index contributed by atoms with van der Waals surface area (Å²) in [7, 11) is -4.56. The van der Waals surface area contributed by atoms with E-state index in [-0.39, 0.29) is 23.2 Å². The molecular weight excluding hydrogens is 334 g/mol. The summed E-state index contributed by atoms with van der Waals surface area (Å²) in [6.07, 6.45) is -4.52. The Kier molecular flexibility index (Phi) is 6.01. The molecule has 0 spiro atoms. The molecule has 1 rings (SSSR count). The minimum atomic E-state index is -4.70. The number of nitrogens with zero attached hydrogens (tertiary/aromatic N) is 1. The maximum atomic E-state index is 13.8. The third kappa shape index (κ3) is 4.82. The number of halogens is 5. The Bertz CT molecular complexity index is 589. The highest BCUT2D eigenvalue weighted by atomic mass is 35.5. The highest BCUT2D eigenvalue weighted by Gasteiger charge is 2.37. The average Bonchev–Trinajstić information content (AvgIpc) is 2.36. The maximum absolute atomic E-state index is 13.8. The van der Waals surface area contributed by atoms with E-state index < -0.39 is 33.5 Å². The van der Waals surface area contributed by atoms with Gasteiger partial charge >= 0.3 is 6.18 Å². The van der Waals surface area contributed by atoms with Crippen LogP contribution in [0.5, 0.6) is 0 Å². The van der Waals surface area contributed by atoms with Gasteiger partial charge in [-0.2, -0.15) is 17.5 Å². The Balaban J connectivity index is 3.22. The zero-order valence-electron chi connectivity index (χ0n) is 11.1. The van der Waals surface area contributed by atoms with Crippen LogP contribution in [0.2, 0.25) is 0 Å². The zero-order chi connectivity index (χ0) is 16.3. The molecule has 0 fully saturated rings. The van der Waals surface area contributed by atoms with E-state index in [9.17, 15) is 26.0 Å². The zero-order valence-corrected chi connectivity index (χ0v) is 12.7. The van der Waals surface area contributed by atoms with E-state index in [2.05, 4.69) is 0 Å². The number of rotatable bonds is 6. The van der Waals surface area contributed by atoms with Gasteiger partial charge < -0.3 is 0 Å². The molecule has 21 heavy (non-hydrogen) atoms. The van der Waals surface area contributed by atoms with Crippen LogP contribution in [0, 0.1) is 5.82 Å².